The highest BCUT2D eigenvalue weighted by Crippen LogP contribution is 2.24. The summed E-state index contributed by atoms with van der Waals surface area (Å²) < 4.78 is 13.2. The SMILES string of the molecule is N#Cc1ccc([C@@H](Cl)N=C=O)c(F)c1. The molecule has 1 aromatic carbocycles. The van der Waals surface area contributed by atoms with Crippen LogP contribution in [-0.4, -0.2) is 6.08 Å². The molecule has 5 heteroatoms. The highest BCUT2D eigenvalue weighted by atomic mass is 35.5. The number of nitrogens with zero attached hydrogens (tertiary/aromatic N) is 2. The number of benzene rings is 1. The second kappa shape index (κ2) is 4.52. The lowest BCUT2D eigenvalue weighted by molar-refractivity contribution is 0.561. The molecule has 0 saturated heterocycles. The van der Waals surface area contributed by atoms with Gasteiger partial charge in [0.05, 0.1) is 11.6 Å². The minimum atomic E-state index is -1.10. The first-order chi connectivity index (χ1) is 6.69. The lowest BCUT2D eigenvalue weighted by atomic mass is 10.1. The van der Waals surface area contributed by atoms with E-state index in [2.05, 4.69) is 4.99 Å². The molecule has 0 unspecified atom stereocenters. The van der Waals surface area contributed by atoms with Crippen LogP contribution in [0, 0.1) is 17.1 Å². The van der Waals surface area contributed by atoms with Gasteiger partial charge in [-0.05, 0) is 12.1 Å². The van der Waals surface area contributed by atoms with Crippen LogP contribution in [0.5, 0.6) is 0 Å². The number of aliphatic imine (C=N–C) groups is 1. The van der Waals surface area contributed by atoms with Gasteiger partial charge in [-0.3, -0.25) is 0 Å². The Balaban J connectivity index is 3.13. The van der Waals surface area contributed by atoms with Crippen molar-refractivity contribution in [1.29, 1.82) is 5.26 Å². The smallest absolute Gasteiger partial charge is 0.211 e. The van der Waals surface area contributed by atoms with Crippen molar-refractivity contribution in [2.24, 2.45) is 4.99 Å². The second-order valence-electron chi connectivity index (χ2n) is 2.40. The van der Waals surface area contributed by atoms with E-state index in [-0.39, 0.29) is 11.1 Å². The number of halogens is 2. The molecular weight excluding hydrogens is 207 g/mol. The van der Waals surface area contributed by atoms with Gasteiger partial charge < -0.3 is 0 Å². The highest BCUT2D eigenvalue weighted by molar-refractivity contribution is 6.20. The average Bonchev–Trinajstić information content (AvgIpc) is 2.17. The highest BCUT2D eigenvalue weighted by Gasteiger charge is 2.11. The van der Waals surface area contributed by atoms with E-state index in [0.717, 1.165) is 6.07 Å². The normalized spacial score (nSPS) is 11.2. The Kier molecular flexibility index (Phi) is 3.35. The van der Waals surface area contributed by atoms with Crippen LogP contribution in [0.4, 0.5) is 4.39 Å². The van der Waals surface area contributed by atoms with E-state index >= 15 is 0 Å². The maximum atomic E-state index is 13.2. The van der Waals surface area contributed by atoms with Gasteiger partial charge in [-0.25, -0.2) is 9.18 Å². The summed E-state index contributed by atoms with van der Waals surface area (Å²) in [6, 6.07) is 5.52. The van der Waals surface area contributed by atoms with Crippen LogP contribution in [0.1, 0.15) is 16.6 Å². The largest absolute Gasteiger partial charge is 0.236 e. The van der Waals surface area contributed by atoms with E-state index in [1.165, 1.54) is 18.2 Å². The molecule has 0 radical (unpaired) electrons. The fraction of sp³-hybridized carbons (Fsp3) is 0.111. The van der Waals surface area contributed by atoms with Crippen molar-refractivity contribution < 1.29 is 9.18 Å². The molecule has 0 heterocycles. The first kappa shape index (κ1) is 10.4. The average molecular weight is 211 g/mol. The number of nitriles is 1. The van der Waals surface area contributed by atoms with Gasteiger partial charge in [0.2, 0.25) is 6.08 Å². The molecule has 0 saturated carbocycles. The molecule has 14 heavy (non-hydrogen) atoms. The molecule has 0 N–H and O–H groups in total. The van der Waals surface area contributed by atoms with Crippen LogP contribution in [0.15, 0.2) is 23.2 Å². The topological polar surface area (TPSA) is 53.2 Å². The number of hydrogen-bond acceptors (Lipinski definition) is 3. The predicted molar refractivity (Wildman–Crippen MR) is 47.8 cm³/mol. The molecule has 1 rings (SSSR count). The summed E-state index contributed by atoms with van der Waals surface area (Å²) >= 11 is 5.56. The van der Waals surface area contributed by atoms with Gasteiger partial charge in [0.15, 0.2) is 5.50 Å². The van der Waals surface area contributed by atoms with Gasteiger partial charge in [0, 0.05) is 5.56 Å². The van der Waals surface area contributed by atoms with Crippen LogP contribution in [0.25, 0.3) is 0 Å². The van der Waals surface area contributed by atoms with Gasteiger partial charge in [-0.2, -0.15) is 10.3 Å². The monoisotopic (exact) mass is 210 g/mol. The zero-order valence-electron chi connectivity index (χ0n) is 6.87. The van der Waals surface area contributed by atoms with Crippen LogP contribution >= 0.6 is 11.6 Å². The third-order valence-corrected chi connectivity index (χ3v) is 1.88. The summed E-state index contributed by atoms with van der Waals surface area (Å²) in [5.74, 6) is -0.664. The number of isocyanates is 1. The molecule has 0 aromatic heterocycles. The number of rotatable bonds is 2. The van der Waals surface area contributed by atoms with E-state index in [9.17, 15) is 9.18 Å². The molecule has 0 aliphatic carbocycles. The molecule has 0 aliphatic rings. The molecule has 0 spiro atoms. The van der Waals surface area contributed by atoms with Gasteiger partial charge in [0.25, 0.3) is 0 Å². The summed E-state index contributed by atoms with van der Waals surface area (Å²) in [5.41, 5.74) is -0.862. The third kappa shape index (κ3) is 2.17. The van der Waals surface area contributed by atoms with Gasteiger partial charge in [-0.15, -0.1) is 0 Å². The molecule has 1 aromatic rings. The summed E-state index contributed by atoms with van der Waals surface area (Å²) in [7, 11) is 0. The van der Waals surface area contributed by atoms with Crippen LogP contribution < -0.4 is 0 Å². The van der Waals surface area contributed by atoms with E-state index in [4.69, 9.17) is 16.9 Å². The van der Waals surface area contributed by atoms with E-state index in [1.807, 2.05) is 0 Å². The fourth-order valence-corrected chi connectivity index (χ4v) is 1.12. The Labute approximate surface area is 84.4 Å². The predicted octanol–water partition coefficient (Wildman–Crippen LogP) is 2.27. The lowest BCUT2D eigenvalue weighted by Gasteiger charge is -2.03. The van der Waals surface area contributed by atoms with Gasteiger partial charge in [-0.1, -0.05) is 17.7 Å². The quantitative estimate of drug-likeness (QED) is 0.325. The van der Waals surface area contributed by atoms with Crippen molar-refractivity contribution >= 4 is 17.7 Å². The Morgan fingerprint density at radius 1 is 1.57 bits per heavy atom. The third-order valence-electron chi connectivity index (χ3n) is 1.55. The molecule has 1 atom stereocenters. The Morgan fingerprint density at radius 3 is 2.79 bits per heavy atom. The fourth-order valence-electron chi connectivity index (χ4n) is 0.906. The molecule has 0 bridgehead atoms. The van der Waals surface area contributed by atoms with E-state index in [1.54, 1.807) is 6.07 Å². The Bertz CT molecular complexity index is 435. The van der Waals surface area contributed by atoms with Crippen molar-refractivity contribution in [1.82, 2.24) is 0 Å². The Morgan fingerprint density at radius 2 is 2.29 bits per heavy atom. The molecule has 70 valence electrons. The van der Waals surface area contributed by atoms with Gasteiger partial charge >= 0.3 is 0 Å². The standard InChI is InChI=1S/C9H4ClFN2O/c10-9(13-5-14)7-2-1-6(4-12)3-8(7)11/h1-3,9H/t9-/m0/s1. The summed E-state index contributed by atoms with van der Waals surface area (Å²) in [5, 5.41) is 8.46. The van der Waals surface area contributed by atoms with Crippen LogP contribution in [0.3, 0.4) is 0 Å². The molecule has 0 amide bonds. The zero-order chi connectivity index (χ0) is 10.6. The van der Waals surface area contributed by atoms with Crippen LogP contribution in [-0.2, 0) is 4.79 Å². The van der Waals surface area contributed by atoms with Crippen molar-refractivity contribution in [3.63, 3.8) is 0 Å². The number of alkyl halides is 1. The number of carbonyl (C=O) groups excluding carboxylic acids is 1. The van der Waals surface area contributed by atoms with Crippen molar-refractivity contribution in [2.45, 2.75) is 5.50 Å². The first-order valence-corrected chi connectivity index (χ1v) is 4.03. The van der Waals surface area contributed by atoms with Crippen LogP contribution in [0.2, 0.25) is 0 Å². The van der Waals surface area contributed by atoms with E-state index < -0.39 is 11.3 Å². The molecule has 0 aliphatic heterocycles. The van der Waals surface area contributed by atoms with E-state index in [0.29, 0.717) is 0 Å². The molecule has 0 fully saturated rings. The van der Waals surface area contributed by atoms with Crippen molar-refractivity contribution in [3.8, 4) is 6.07 Å². The summed E-state index contributed by atoms with van der Waals surface area (Å²) in [4.78, 5) is 13.0. The minimum absolute atomic E-state index is 0.0500. The first-order valence-electron chi connectivity index (χ1n) is 3.59. The maximum absolute atomic E-state index is 13.2. The molecule has 3 nitrogen and oxygen atoms in total. The van der Waals surface area contributed by atoms with Crippen molar-refractivity contribution in [2.75, 3.05) is 0 Å². The molecular formula is C9H4ClFN2O. The zero-order valence-corrected chi connectivity index (χ0v) is 7.62. The number of hydrogen-bond donors (Lipinski definition) is 0. The summed E-state index contributed by atoms with van der Waals surface area (Å²) in [6.07, 6.45) is 1.23. The minimum Gasteiger partial charge on any atom is -0.211 e. The summed E-state index contributed by atoms with van der Waals surface area (Å²) in [6.45, 7) is 0. The lowest BCUT2D eigenvalue weighted by Crippen LogP contribution is -1.92. The Hall–Kier alpha value is -1.69. The van der Waals surface area contributed by atoms with Gasteiger partial charge in [0.1, 0.15) is 5.82 Å². The second-order valence-corrected chi connectivity index (χ2v) is 2.82. The van der Waals surface area contributed by atoms with Crippen molar-refractivity contribution in [3.05, 3.63) is 35.1 Å². The maximum Gasteiger partial charge on any atom is 0.236 e.